The van der Waals surface area contributed by atoms with Crippen LogP contribution in [0.25, 0.3) is 10.8 Å². The molecule has 2 aromatic carbocycles. The van der Waals surface area contributed by atoms with Gasteiger partial charge in [0.2, 0.25) is 12.3 Å². The van der Waals surface area contributed by atoms with Crippen molar-refractivity contribution in [1.82, 2.24) is 4.90 Å². The van der Waals surface area contributed by atoms with E-state index < -0.39 is 16.9 Å². The maximum absolute atomic E-state index is 12.7. The summed E-state index contributed by atoms with van der Waals surface area (Å²) in [5.41, 5.74) is -0.0376. The number of imide groups is 1. The van der Waals surface area contributed by atoms with Gasteiger partial charge in [-0.25, -0.2) is 0 Å². The predicted molar refractivity (Wildman–Crippen MR) is 271 cm³/mol. The van der Waals surface area contributed by atoms with Crippen molar-refractivity contribution in [1.29, 1.82) is 0 Å². The molecule has 0 bridgehead atoms. The summed E-state index contributed by atoms with van der Waals surface area (Å²) in [6.07, 6.45) is 19.5. The monoisotopic (exact) mass is 944 g/mol. The van der Waals surface area contributed by atoms with Gasteiger partial charge in [0.05, 0.1) is 17.9 Å². The molecule has 0 aliphatic rings. The minimum atomic E-state index is -0.597. The van der Waals surface area contributed by atoms with E-state index in [1.165, 1.54) is 57.5 Å². The van der Waals surface area contributed by atoms with E-state index in [1.807, 2.05) is 84.9 Å². The molecule has 12 heteroatoms. The number of Topliss-reactive ketones (excluding diaryl/α,β-unsaturated/α-hetero) is 1. The van der Waals surface area contributed by atoms with E-state index in [0.29, 0.717) is 38.0 Å². The molecular formula is C55H93NO11. The first-order chi connectivity index (χ1) is 31.9. The molecule has 0 aliphatic carbocycles. The van der Waals surface area contributed by atoms with Crippen LogP contribution in [0.3, 0.4) is 0 Å². The SMILES string of the molecule is CC.CCCCCCCC(=O)OCC(CC)OC(=O)C(C)(C)CCCCCCC(C)(C)C(=O)OCOC.CCCCCCCC(C)=O.COc1ccc2cccc(CCN(C=O)C(C)=O)c2c1. The van der Waals surface area contributed by atoms with Crippen molar-refractivity contribution in [3.05, 3.63) is 42.0 Å². The van der Waals surface area contributed by atoms with Gasteiger partial charge in [-0.05, 0) is 102 Å². The number of carbonyl (C=O) groups is 6. The first kappa shape index (κ1) is 64.8. The third-order valence-corrected chi connectivity index (χ3v) is 11.4. The van der Waals surface area contributed by atoms with Gasteiger partial charge >= 0.3 is 17.9 Å². The van der Waals surface area contributed by atoms with Crippen LogP contribution in [-0.2, 0) is 54.1 Å². The number of hydrogen-bond acceptors (Lipinski definition) is 11. The molecule has 2 rings (SSSR count). The number of esters is 3. The first-order valence-electron chi connectivity index (χ1n) is 25.2. The van der Waals surface area contributed by atoms with Gasteiger partial charge in [0.15, 0.2) is 6.79 Å². The van der Waals surface area contributed by atoms with Crippen LogP contribution in [0.4, 0.5) is 0 Å². The van der Waals surface area contributed by atoms with E-state index in [0.717, 1.165) is 92.7 Å². The Morgan fingerprint density at radius 2 is 1.24 bits per heavy atom. The second kappa shape index (κ2) is 39.7. The number of nitrogens with zero attached hydrogens (tertiary/aromatic N) is 1. The minimum Gasteiger partial charge on any atom is -0.497 e. The van der Waals surface area contributed by atoms with Crippen molar-refractivity contribution in [3.63, 3.8) is 0 Å². The molecule has 0 saturated heterocycles. The summed E-state index contributed by atoms with van der Waals surface area (Å²) >= 11 is 0. The fourth-order valence-electron chi connectivity index (χ4n) is 6.84. The van der Waals surface area contributed by atoms with Crippen LogP contribution in [-0.4, -0.2) is 81.2 Å². The number of unbranched alkanes of at least 4 members (excludes halogenated alkanes) is 11. The standard InChI is InChI=1S/C28H52O7.C16H17NO3.C9H18O.C2H6/c1-8-10-11-12-15-18-24(29)33-21-23(9-2)35-26(31)28(5,6)20-17-14-13-16-19-27(3,4)25(30)34-22-32-7;1-12(19)17(11-18)9-8-14-5-3-4-13-6-7-15(20-2)10-16(13)14;1-3-4-5-6-7-8-9(2)10;1-2/h23H,8-22H2,1-7H3;3-7,10-11H,8-9H2,1-2H3;3-8H2,1-2H3;1-2H3. The molecule has 0 heterocycles. The summed E-state index contributed by atoms with van der Waals surface area (Å²) in [5.74, 6) is 0.178. The number of hydrogen-bond donors (Lipinski definition) is 0. The van der Waals surface area contributed by atoms with Crippen molar-refractivity contribution in [2.45, 2.75) is 211 Å². The predicted octanol–water partition coefficient (Wildman–Crippen LogP) is 13.1. The number of ketones is 1. The third kappa shape index (κ3) is 31.4. The van der Waals surface area contributed by atoms with E-state index in [4.69, 9.17) is 23.7 Å². The maximum atomic E-state index is 12.7. The average Bonchev–Trinajstić information content (AvgIpc) is 3.31. The molecule has 0 aliphatic heterocycles. The number of amides is 2. The molecule has 2 aromatic rings. The smallest absolute Gasteiger partial charge is 0.313 e. The van der Waals surface area contributed by atoms with Crippen LogP contribution in [0.1, 0.15) is 204 Å². The third-order valence-electron chi connectivity index (χ3n) is 11.4. The fourth-order valence-corrected chi connectivity index (χ4v) is 6.84. The normalized spacial score (nSPS) is 11.3. The second-order valence-corrected chi connectivity index (χ2v) is 18.2. The number of benzene rings is 2. The molecule has 67 heavy (non-hydrogen) atoms. The molecule has 0 radical (unpaired) electrons. The Hall–Kier alpha value is -4.32. The van der Waals surface area contributed by atoms with Crippen molar-refractivity contribution in [3.8, 4) is 5.75 Å². The second-order valence-electron chi connectivity index (χ2n) is 18.2. The van der Waals surface area contributed by atoms with Gasteiger partial charge in [-0.1, -0.05) is 136 Å². The van der Waals surface area contributed by atoms with Crippen LogP contribution < -0.4 is 4.74 Å². The molecule has 2 amide bonds. The zero-order chi connectivity index (χ0) is 51.1. The summed E-state index contributed by atoms with van der Waals surface area (Å²) < 4.78 is 26.1. The lowest BCUT2D eigenvalue weighted by molar-refractivity contribution is -0.167. The Bertz CT molecular complexity index is 1650. The lowest BCUT2D eigenvalue weighted by atomic mass is 9.85. The van der Waals surface area contributed by atoms with E-state index in [1.54, 1.807) is 14.0 Å². The van der Waals surface area contributed by atoms with Gasteiger partial charge in [0, 0.05) is 33.4 Å². The van der Waals surface area contributed by atoms with Crippen molar-refractivity contribution in [2.75, 3.05) is 34.2 Å². The first-order valence-corrected chi connectivity index (χ1v) is 25.2. The van der Waals surface area contributed by atoms with Gasteiger partial charge in [-0.3, -0.25) is 28.9 Å². The number of rotatable bonds is 32. The van der Waals surface area contributed by atoms with Crippen molar-refractivity contribution >= 4 is 46.8 Å². The molecule has 0 spiro atoms. The lowest BCUT2D eigenvalue weighted by Gasteiger charge is -2.26. The molecule has 0 saturated carbocycles. The summed E-state index contributed by atoms with van der Waals surface area (Å²) in [4.78, 5) is 70.5. The molecule has 1 atom stereocenters. The Morgan fingerprint density at radius 3 is 1.75 bits per heavy atom. The van der Waals surface area contributed by atoms with Gasteiger partial charge in [0.1, 0.15) is 24.2 Å². The quantitative estimate of drug-likeness (QED) is 0.0226. The molecule has 12 nitrogen and oxygen atoms in total. The van der Waals surface area contributed by atoms with Crippen molar-refractivity contribution in [2.24, 2.45) is 10.8 Å². The fraction of sp³-hybridized carbons (Fsp3) is 0.709. The molecule has 0 aromatic heterocycles. The molecule has 0 fully saturated rings. The van der Waals surface area contributed by atoms with Crippen LogP contribution in [0.15, 0.2) is 36.4 Å². The number of carbonyl (C=O) groups excluding carboxylic acids is 6. The van der Waals surface area contributed by atoms with Gasteiger partial charge < -0.3 is 28.5 Å². The summed E-state index contributed by atoms with van der Waals surface area (Å²) in [5, 5.41) is 2.20. The number of methoxy groups -OCH3 is 2. The van der Waals surface area contributed by atoms with Crippen molar-refractivity contribution < 1.29 is 52.5 Å². The van der Waals surface area contributed by atoms with E-state index in [2.05, 4.69) is 13.8 Å². The minimum absolute atomic E-state index is 0.0199. The summed E-state index contributed by atoms with van der Waals surface area (Å²) in [7, 11) is 3.12. The molecular weight excluding hydrogens is 851 g/mol. The highest BCUT2D eigenvalue weighted by atomic mass is 16.7. The Labute approximate surface area is 406 Å². The number of fused-ring (bicyclic) bond motifs is 1. The highest BCUT2D eigenvalue weighted by Gasteiger charge is 2.31. The lowest BCUT2D eigenvalue weighted by Crippen LogP contribution is -2.33. The summed E-state index contributed by atoms with van der Waals surface area (Å²) in [6, 6.07) is 11.9. The van der Waals surface area contributed by atoms with Crippen LogP contribution in [0.5, 0.6) is 5.75 Å². The molecule has 384 valence electrons. The van der Waals surface area contributed by atoms with Crippen LogP contribution >= 0.6 is 0 Å². The van der Waals surface area contributed by atoms with Crippen LogP contribution in [0.2, 0.25) is 0 Å². The van der Waals surface area contributed by atoms with E-state index in [9.17, 15) is 28.8 Å². The zero-order valence-corrected chi connectivity index (χ0v) is 44.3. The average molecular weight is 944 g/mol. The van der Waals surface area contributed by atoms with Gasteiger partial charge in [-0.15, -0.1) is 0 Å². The Balaban J connectivity index is 0. The number of ether oxygens (including phenoxy) is 5. The van der Waals surface area contributed by atoms with Crippen LogP contribution in [0, 0.1) is 10.8 Å². The maximum Gasteiger partial charge on any atom is 0.313 e. The highest BCUT2D eigenvalue weighted by Crippen LogP contribution is 2.29. The topological polar surface area (TPSA) is 152 Å². The zero-order valence-electron chi connectivity index (χ0n) is 44.3. The molecule has 0 N–H and O–H groups in total. The van der Waals surface area contributed by atoms with E-state index in [-0.39, 0.29) is 37.2 Å². The highest BCUT2D eigenvalue weighted by molar-refractivity contribution is 5.87. The Kier molecular flexibility index (Phi) is 38.3. The van der Waals surface area contributed by atoms with Gasteiger partial charge in [0.25, 0.3) is 0 Å². The van der Waals surface area contributed by atoms with E-state index >= 15 is 0 Å². The largest absolute Gasteiger partial charge is 0.497 e. The Morgan fingerprint density at radius 1 is 0.687 bits per heavy atom. The molecule has 1 unspecified atom stereocenters. The van der Waals surface area contributed by atoms with Gasteiger partial charge in [-0.2, -0.15) is 0 Å². The summed E-state index contributed by atoms with van der Waals surface area (Å²) in [6.45, 7) is 21.4.